The van der Waals surface area contributed by atoms with E-state index in [0.29, 0.717) is 66.3 Å². The number of hydrogen-bond donors (Lipinski definition) is 3. The molecule has 4 fully saturated rings. The van der Waals surface area contributed by atoms with Gasteiger partial charge >= 0.3 is 6.09 Å². The topological polar surface area (TPSA) is 209 Å². The normalized spacial score (nSPS) is 26.2. The molecular weight excluding hydrogens is 831 g/mol. The molecule has 334 valence electrons. The van der Waals surface area contributed by atoms with Gasteiger partial charge in [-0.25, -0.2) is 18.2 Å². The number of fused-ring (bicyclic) bond motifs is 5. The maximum Gasteiger partial charge on any atom is 0.408 e. The molecule has 17 nitrogen and oxygen atoms in total. The molecule has 3 saturated carbocycles. The minimum atomic E-state index is -3.93. The first-order chi connectivity index (χ1) is 30.4. The van der Waals surface area contributed by atoms with Gasteiger partial charge in [-0.3, -0.25) is 19.1 Å². The molecule has 4 aromatic rings. The van der Waals surface area contributed by atoms with Crippen LogP contribution in [0.5, 0.6) is 17.4 Å². The predicted octanol–water partition coefficient (Wildman–Crippen LogP) is 4.96. The number of methoxy groups -OCH3 is 2. The van der Waals surface area contributed by atoms with E-state index in [1.54, 1.807) is 30.9 Å². The van der Waals surface area contributed by atoms with Crippen molar-refractivity contribution in [3.63, 3.8) is 0 Å². The van der Waals surface area contributed by atoms with E-state index in [1.165, 1.54) is 4.90 Å². The first-order valence-corrected chi connectivity index (χ1v) is 23.5. The fourth-order valence-electron chi connectivity index (χ4n) is 9.11. The summed E-state index contributed by atoms with van der Waals surface area (Å²) in [6, 6.07) is 12.5. The molecule has 0 bridgehead atoms. The molecule has 5 aliphatic rings. The number of alkyl carbamates (subject to hydrolysis) is 1. The molecule has 0 radical (unpaired) electrons. The highest BCUT2D eigenvalue weighted by atomic mass is 32.2. The highest BCUT2D eigenvalue weighted by Gasteiger charge is 2.62. The number of allylic oxidation sites excluding steroid dienone is 1. The first-order valence-electron chi connectivity index (χ1n) is 22.0. The number of nitrogens with one attached hydrogen (secondary N) is 3. The van der Waals surface area contributed by atoms with E-state index in [4.69, 9.17) is 29.0 Å². The van der Waals surface area contributed by atoms with Crippen molar-refractivity contribution < 1.29 is 46.5 Å². The van der Waals surface area contributed by atoms with Crippen LogP contribution in [-0.4, -0.2) is 108 Å². The molecule has 2 aromatic carbocycles. The van der Waals surface area contributed by atoms with Crippen molar-refractivity contribution in [2.75, 3.05) is 20.8 Å². The van der Waals surface area contributed by atoms with Gasteiger partial charge in [0.15, 0.2) is 5.65 Å². The number of carbonyl (C=O) groups is 4. The molecule has 0 unspecified atom stereocenters. The molecule has 9 rings (SSSR count). The Morgan fingerprint density at radius 2 is 1.63 bits per heavy atom. The van der Waals surface area contributed by atoms with E-state index >= 15 is 0 Å². The van der Waals surface area contributed by atoms with Crippen LogP contribution in [0.25, 0.3) is 27.8 Å². The SMILES string of the molecule is COc1ccc(-c2cc(O[C@@H]3C[C@H]4C(=O)N[C@]5(C(=O)NS(=O)(=O)C6CC6)C[C@H]5/C=C\CCCCC[C@H](NC(=O)OC5CCCC5)C(=O)N4C3)n3nc4cc(OC)ccc4c3n2)cc1. The molecule has 5 atom stereocenters. The molecule has 0 spiro atoms. The van der Waals surface area contributed by atoms with Crippen LogP contribution in [-0.2, 0) is 29.1 Å². The van der Waals surface area contributed by atoms with E-state index in [1.807, 2.05) is 48.6 Å². The van der Waals surface area contributed by atoms with Gasteiger partial charge in [-0.2, -0.15) is 9.61 Å². The smallest absolute Gasteiger partial charge is 0.408 e. The van der Waals surface area contributed by atoms with Crippen molar-refractivity contribution in [3.05, 3.63) is 60.7 Å². The maximum absolute atomic E-state index is 14.8. The Kier molecular flexibility index (Phi) is 11.7. The number of ether oxygens (including phenoxy) is 4. The van der Waals surface area contributed by atoms with Gasteiger partial charge in [0, 0.05) is 35.4 Å². The second-order valence-electron chi connectivity index (χ2n) is 17.3. The Morgan fingerprint density at radius 1 is 0.889 bits per heavy atom. The number of carbonyl (C=O) groups excluding carboxylic acids is 4. The van der Waals surface area contributed by atoms with Crippen LogP contribution < -0.4 is 29.6 Å². The lowest BCUT2D eigenvalue weighted by atomic mass is 10.0. The molecule has 2 aliphatic heterocycles. The summed E-state index contributed by atoms with van der Waals surface area (Å²) in [6.45, 7) is -0.0539. The summed E-state index contributed by atoms with van der Waals surface area (Å²) < 4.78 is 53.2. The summed E-state index contributed by atoms with van der Waals surface area (Å²) in [6.07, 6.45) is 9.86. The number of benzene rings is 2. The molecule has 3 N–H and O–H groups in total. The zero-order chi connectivity index (χ0) is 43.9. The van der Waals surface area contributed by atoms with Gasteiger partial charge in [-0.05, 0) is 101 Å². The van der Waals surface area contributed by atoms with Gasteiger partial charge in [0.2, 0.25) is 27.7 Å². The molecular formula is C45H53N7O10S. The quantitative estimate of drug-likeness (QED) is 0.181. The molecule has 4 amide bonds. The van der Waals surface area contributed by atoms with E-state index in [9.17, 15) is 27.6 Å². The fourth-order valence-corrected chi connectivity index (χ4v) is 10.5. The minimum Gasteiger partial charge on any atom is -0.497 e. The number of rotatable bonds is 10. The highest BCUT2D eigenvalue weighted by molar-refractivity contribution is 7.91. The van der Waals surface area contributed by atoms with Crippen molar-refractivity contribution in [3.8, 4) is 28.6 Å². The maximum atomic E-state index is 14.8. The summed E-state index contributed by atoms with van der Waals surface area (Å²) >= 11 is 0. The van der Waals surface area contributed by atoms with E-state index < -0.39 is 68.7 Å². The van der Waals surface area contributed by atoms with Gasteiger partial charge in [0.05, 0.1) is 37.2 Å². The first kappa shape index (κ1) is 42.4. The van der Waals surface area contributed by atoms with Crippen LogP contribution in [0.15, 0.2) is 60.7 Å². The van der Waals surface area contributed by atoms with Gasteiger partial charge in [0.1, 0.15) is 41.3 Å². The van der Waals surface area contributed by atoms with E-state index in [0.717, 1.165) is 49.5 Å². The lowest BCUT2D eigenvalue weighted by Crippen LogP contribution is -2.58. The second-order valence-corrected chi connectivity index (χ2v) is 19.3. The number of amides is 4. The fraction of sp³-hybridized carbons (Fsp3) is 0.511. The van der Waals surface area contributed by atoms with Crippen LogP contribution in [0.2, 0.25) is 0 Å². The number of nitrogens with zero attached hydrogens (tertiary/aromatic N) is 4. The average molecular weight is 884 g/mol. The van der Waals surface area contributed by atoms with Gasteiger partial charge in [-0.1, -0.05) is 25.0 Å². The van der Waals surface area contributed by atoms with Crippen LogP contribution in [0.1, 0.15) is 83.5 Å². The summed E-state index contributed by atoms with van der Waals surface area (Å²) in [5.41, 5.74) is 0.924. The Bertz CT molecular complexity index is 2550. The van der Waals surface area contributed by atoms with Crippen molar-refractivity contribution in [2.45, 2.75) is 119 Å². The molecule has 1 saturated heterocycles. The third-order valence-corrected chi connectivity index (χ3v) is 14.8. The third kappa shape index (κ3) is 8.86. The number of sulfonamides is 1. The molecule has 18 heteroatoms. The Labute approximate surface area is 365 Å². The van der Waals surface area contributed by atoms with Crippen LogP contribution in [0, 0.1) is 5.92 Å². The molecule has 4 heterocycles. The molecule has 2 aromatic heterocycles. The third-order valence-electron chi connectivity index (χ3n) is 12.9. The minimum absolute atomic E-state index is 0.00564. The van der Waals surface area contributed by atoms with Crippen LogP contribution in [0.3, 0.4) is 0 Å². The second kappa shape index (κ2) is 17.3. The lowest BCUT2D eigenvalue weighted by Gasteiger charge is -2.30. The van der Waals surface area contributed by atoms with E-state index in [-0.39, 0.29) is 25.5 Å². The van der Waals surface area contributed by atoms with Crippen molar-refractivity contribution >= 4 is 50.4 Å². The number of aromatic nitrogens is 3. The lowest BCUT2D eigenvalue weighted by molar-refractivity contribution is -0.141. The average Bonchev–Trinajstić information content (AvgIpc) is 4.09. The standard InChI is InChI=1S/C45H53N7O10S/c1-59-29-16-14-27(15-17-29)36-24-39(52-40(46-36)34-21-18-31(60-2)22-37(34)49-52)61-32-23-38-41(53)48-45(43(55)50-63(57,58)33-19-20-33)25-28(45)10-6-4-3-5-7-13-35(42(54)51(38)26-32)47-44(56)62-30-11-8-9-12-30/h6,10,14-18,21-22,24,28,30,32-33,35,38H,3-5,7-9,11-13,19-20,23,25-26H2,1-2H3,(H,47,56)(H,48,53)(H,50,55)/b10-6-/t28-,32-,35+,38+,45-/m1/s1. The van der Waals surface area contributed by atoms with Gasteiger partial charge < -0.3 is 34.5 Å². The summed E-state index contributed by atoms with van der Waals surface area (Å²) in [7, 11) is -0.762. The van der Waals surface area contributed by atoms with Crippen molar-refractivity contribution in [1.29, 1.82) is 0 Å². The largest absolute Gasteiger partial charge is 0.497 e. The Hall–Kier alpha value is -5.91. The summed E-state index contributed by atoms with van der Waals surface area (Å²) in [5.74, 6) is -0.802. The van der Waals surface area contributed by atoms with Crippen molar-refractivity contribution in [1.82, 2.24) is 34.9 Å². The van der Waals surface area contributed by atoms with Crippen LogP contribution in [0.4, 0.5) is 4.79 Å². The zero-order valence-electron chi connectivity index (χ0n) is 35.4. The molecule has 63 heavy (non-hydrogen) atoms. The number of hydrogen-bond acceptors (Lipinski definition) is 12. The Balaban J connectivity index is 1.06. The highest BCUT2D eigenvalue weighted by Crippen LogP contribution is 2.46. The monoisotopic (exact) mass is 883 g/mol. The van der Waals surface area contributed by atoms with Gasteiger partial charge in [-0.15, -0.1) is 0 Å². The predicted molar refractivity (Wildman–Crippen MR) is 231 cm³/mol. The summed E-state index contributed by atoms with van der Waals surface area (Å²) in [4.78, 5) is 63.2. The summed E-state index contributed by atoms with van der Waals surface area (Å²) in [5, 5.41) is 10.7. The van der Waals surface area contributed by atoms with E-state index in [2.05, 4.69) is 15.4 Å². The van der Waals surface area contributed by atoms with Crippen LogP contribution >= 0.6 is 0 Å². The molecule has 3 aliphatic carbocycles. The van der Waals surface area contributed by atoms with Crippen molar-refractivity contribution in [2.24, 2.45) is 5.92 Å². The zero-order valence-corrected chi connectivity index (χ0v) is 36.2. The Morgan fingerprint density at radius 3 is 2.38 bits per heavy atom. The van der Waals surface area contributed by atoms with Gasteiger partial charge in [0.25, 0.3) is 5.91 Å².